The minimum Gasteiger partial charge on any atom is -0.494 e. The van der Waals surface area contributed by atoms with Crippen molar-refractivity contribution >= 4 is 17.5 Å². The van der Waals surface area contributed by atoms with Gasteiger partial charge < -0.3 is 20.1 Å². The van der Waals surface area contributed by atoms with Gasteiger partial charge in [0.05, 0.1) is 38.8 Å². The maximum absolute atomic E-state index is 14.6. The minimum atomic E-state index is -0.469. The van der Waals surface area contributed by atoms with E-state index in [1.165, 1.54) is 20.2 Å². The Morgan fingerprint density at radius 1 is 1.24 bits per heavy atom. The van der Waals surface area contributed by atoms with E-state index in [9.17, 15) is 9.18 Å². The van der Waals surface area contributed by atoms with E-state index in [4.69, 9.17) is 9.47 Å². The molecule has 1 fully saturated rings. The maximum Gasteiger partial charge on any atom is 0.251 e. The number of carbonyl (C=O) groups is 1. The van der Waals surface area contributed by atoms with Gasteiger partial charge in [-0.25, -0.2) is 14.4 Å². The lowest BCUT2D eigenvalue weighted by molar-refractivity contribution is -0.111. The highest BCUT2D eigenvalue weighted by Gasteiger charge is 2.34. The number of benzene rings is 1. The van der Waals surface area contributed by atoms with Gasteiger partial charge in [0.1, 0.15) is 0 Å². The molecule has 4 rings (SSSR count). The Balaban J connectivity index is 1.37. The van der Waals surface area contributed by atoms with Gasteiger partial charge in [-0.05, 0) is 36.1 Å². The summed E-state index contributed by atoms with van der Waals surface area (Å²) in [6, 6.07) is 2.94. The quantitative estimate of drug-likeness (QED) is 0.512. The second-order valence-electron chi connectivity index (χ2n) is 8.50. The van der Waals surface area contributed by atoms with Crippen LogP contribution in [0.3, 0.4) is 0 Å². The summed E-state index contributed by atoms with van der Waals surface area (Å²) in [6.45, 7) is 4.45. The Morgan fingerprint density at radius 3 is 2.64 bits per heavy atom. The molecule has 3 heterocycles. The van der Waals surface area contributed by atoms with Gasteiger partial charge in [0, 0.05) is 36.6 Å². The fraction of sp³-hybridized carbons (Fsp3) is 0.391. The number of methoxy groups -OCH3 is 1. The molecule has 0 saturated carbocycles. The third-order valence-electron chi connectivity index (χ3n) is 5.55. The van der Waals surface area contributed by atoms with Gasteiger partial charge in [0.15, 0.2) is 11.6 Å². The topological polar surface area (TPSA) is 103 Å². The number of hydrogen-bond donors (Lipinski definition) is 2. The van der Waals surface area contributed by atoms with Crippen LogP contribution in [0.5, 0.6) is 5.75 Å². The van der Waals surface area contributed by atoms with E-state index in [0.29, 0.717) is 29.9 Å². The van der Waals surface area contributed by atoms with Crippen LogP contribution in [0.4, 0.5) is 16.0 Å². The third-order valence-corrected chi connectivity index (χ3v) is 5.55. The number of nitrogens with zero attached hydrogens (tertiary/aromatic N) is 4. The van der Waals surface area contributed by atoms with E-state index in [-0.39, 0.29) is 17.1 Å². The van der Waals surface area contributed by atoms with Crippen LogP contribution in [-0.4, -0.2) is 53.0 Å². The van der Waals surface area contributed by atoms with Crippen LogP contribution in [0.25, 0.3) is 0 Å². The average Bonchev–Trinajstić information content (AvgIpc) is 3.24. The zero-order chi connectivity index (χ0) is 23.4. The summed E-state index contributed by atoms with van der Waals surface area (Å²) in [5.41, 5.74) is 2.52. The first-order valence-corrected chi connectivity index (χ1v) is 10.7. The molecule has 0 radical (unpaired) electrons. The monoisotopic (exact) mass is 454 g/mol. The standard InChI is InChI=1S/C23H27FN6O3/c1-23(13-33-14-23)12-30-11-18(10-28-30)29-22-26-8-15(9-27-22)4-5-16-6-17(21(31)25-2)7-19(32-3)20(16)24/h6-11H,4-5,12-14H2,1-3H3,(H,25,31)(H,26,27,29). The van der Waals surface area contributed by atoms with Gasteiger partial charge in [0.25, 0.3) is 5.91 Å². The molecule has 174 valence electrons. The molecule has 3 aromatic rings. The molecular formula is C23H27FN6O3. The summed E-state index contributed by atoms with van der Waals surface area (Å²) >= 11 is 0. The van der Waals surface area contributed by atoms with Crippen molar-refractivity contribution in [2.75, 3.05) is 32.7 Å². The molecule has 2 N–H and O–H groups in total. The summed E-state index contributed by atoms with van der Waals surface area (Å²) in [4.78, 5) is 20.7. The van der Waals surface area contributed by atoms with Crippen molar-refractivity contribution in [2.45, 2.75) is 26.3 Å². The Kier molecular flexibility index (Phi) is 6.55. The zero-order valence-corrected chi connectivity index (χ0v) is 18.9. The number of anilines is 2. The molecule has 1 saturated heterocycles. The molecular weight excluding hydrogens is 427 g/mol. The Morgan fingerprint density at radius 2 is 2.00 bits per heavy atom. The lowest BCUT2D eigenvalue weighted by Gasteiger charge is -2.37. The molecule has 1 amide bonds. The highest BCUT2D eigenvalue weighted by molar-refractivity contribution is 5.94. The Bertz CT molecular complexity index is 1130. The number of amides is 1. The van der Waals surface area contributed by atoms with Crippen molar-refractivity contribution in [3.8, 4) is 5.75 Å². The number of carbonyl (C=O) groups excluding carboxylic acids is 1. The van der Waals surface area contributed by atoms with Crippen LogP contribution in [0.15, 0.2) is 36.9 Å². The highest BCUT2D eigenvalue weighted by Crippen LogP contribution is 2.29. The van der Waals surface area contributed by atoms with Crippen LogP contribution in [-0.2, 0) is 24.1 Å². The van der Waals surface area contributed by atoms with Crippen molar-refractivity contribution in [3.05, 3.63) is 59.4 Å². The van der Waals surface area contributed by atoms with E-state index in [1.807, 2.05) is 10.9 Å². The summed E-state index contributed by atoms with van der Waals surface area (Å²) < 4.78 is 26.9. The van der Waals surface area contributed by atoms with Crippen LogP contribution in [0.1, 0.15) is 28.4 Å². The van der Waals surface area contributed by atoms with E-state index in [0.717, 1.165) is 31.0 Å². The number of aryl methyl sites for hydroxylation is 2. The second-order valence-corrected chi connectivity index (χ2v) is 8.50. The molecule has 0 bridgehead atoms. The van der Waals surface area contributed by atoms with Crippen molar-refractivity contribution in [1.82, 2.24) is 25.1 Å². The largest absolute Gasteiger partial charge is 0.494 e. The third kappa shape index (κ3) is 5.28. The van der Waals surface area contributed by atoms with E-state index in [2.05, 4.69) is 32.6 Å². The number of halogens is 1. The molecule has 1 aromatic carbocycles. The summed E-state index contributed by atoms with van der Waals surface area (Å²) in [6.07, 6.45) is 7.93. The smallest absolute Gasteiger partial charge is 0.251 e. The van der Waals surface area contributed by atoms with Crippen LogP contribution < -0.4 is 15.4 Å². The first-order chi connectivity index (χ1) is 15.9. The van der Waals surface area contributed by atoms with Gasteiger partial charge in [0.2, 0.25) is 5.95 Å². The number of aromatic nitrogens is 4. The predicted octanol–water partition coefficient (Wildman–Crippen LogP) is 2.75. The molecule has 2 aromatic heterocycles. The van der Waals surface area contributed by atoms with Crippen molar-refractivity contribution in [3.63, 3.8) is 0 Å². The van der Waals surface area contributed by atoms with Gasteiger partial charge in [-0.15, -0.1) is 0 Å². The normalized spacial score (nSPS) is 14.4. The van der Waals surface area contributed by atoms with Crippen molar-refractivity contribution in [2.24, 2.45) is 5.41 Å². The van der Waals surface area contributed by atoms with E-state index < -0.39 is 5.82 Å². The first kappa shape index (κ1) is 22.7. The summed E-state index contributed by atoms with van der Waals surface area (Å²) in [5.74, 6) is -0.275. The number of rotatable bonds is 9. The predicted molar refractivity (Wildman–Crippen MR) is 120 cm³/mol. The summed E-state index contributed by atoms with van der Waals surface area (Å²) in [5, 5.41) is 10.1. The number of hydrogen-bond acceptors (Lipinski definition) is 7. The molecule has 0 aliphatic carbocycles. The number of ether oxygens (including phenoxy) is 2. The fourth-order valence-electron chi connectivity index (χ4n) is 3.67. The lowest BCUT2D eigenvalue weighted by Crippen LogP contribution is -2.43. The molecule has 1 aliphatic heterocycles. The number of nitrogens with one attached hydrogen (secondary N) is 2. The van der Waals surface area contributed by atoms with Gasteiger partial charge in [-0.1, -0.05) is 6.92 Å². The SMILES string of the molecule is CNC(=O)c1cc(CCc2cnc(Nc3cnn(CC4(C)COC4)c3)nc2)c(F)c(OC)c1. The van der Waals surface area contributed by atoms with Gasteiger partial charge >= 0.3 is 0 Å². The molecule has 0 unspecified atom stereocenters. The average molecular weight is 455 g/mol. The molecule has 33 heavy (non-hydrogen) atoms. The van der Waals surface area contributed by atoms with Crippen LogP contribution in [0.2, 0.25) is 0 Å². The molecule has 0 spiro atoms. The van der Waals surface area contributed by atoms with E-state index >= 15 is 0 Å². The maximum atomic E-state index is 14.6. The molecule has 10 heteroatoms. The molecule has 1 aliphatic rings. The lowest BCUT2D eigenvalue weighted by atomic mass is 9.89. The minimum absolute atomic E-state index is 0.0428. The Labute approximate surface area is 191 Å². The Hall–Kier alpha value is -3.53. The van der Waals surface area contributed by atoms with Crippen LogP contribution >= 0.6 is 0 Å². The highest BCUT2D eigenvalue weighted by atomic mass is 19.1. The molecule has 9 nitrogen and oxygen atoms in total. The fourth-order valence-corrected chi connectivity index (χ4v) is 3.67. The van der Waals surface area contributed by atoms with E-state index in [1.54, 1.807) is 24.7 Å². The second kappa shape index (κ2) is 9.53. The zero-order valence-electron chi connectivity index (χ0n) is 18.9. The van der Waals surface area contributed by atoms with Crippen molar-refractivity contribution < 1.29 is 18.7 Å². The van der Waals surface area contributed by atoms with Crippen molar-refractivity contribution in [1.29, 1.82) is 0 Å². The molecule has 0 atom stereocenters. The van der Waals surface area contributed by atoms with Gasteiger partial charge in [-0.3, -0.25) is 9.48 Å². The first-order valence-electron chi connectivity index (χ1n) is 10.7. The summed E-state index contributed by atoms with van der Waals surface area (Å²) in [7, 11) is 2.90. The van der Waals surface area contributed by atoms with Crippen LogP contribution in [0, 0.1) is 11.2 Å². The van der Waals surface area contributed by atoms with Gasteiger partial charge in [-0.2, -0.15) is 5.10 Å².